The number of carbonyl (C=O) groups excluding carboxylic acids is 1. The van der Waals surface area contributed by atoms with Crippen LogP contribution in [0.2, 0.25) is 0 Å². The number of urea groups is 1. The number of rotatable bonds is 3. The summed E-state index contributed by atoms with van der Waals surface area (Å²) >= 11 is 1.45. The van der Waals surface area contributed by atoms with Gasteiger partial charge in [-0.25, -0.2) is 4.79 Å². The first-order valence-corrected chi connectivity index (χ1v) is 9.83. The highest BCUT2D eigenvalue weighted by atomic mass is 32.1. The number of amides is 2. The fraction of sp³-hybridized carbons (Fsp3) is 0.316. The molecule has 1 aromatic carbocycles. The molecule has 1 saturated heterocycles. The van der Waals surface area contributed by atoms with Crippen molar-refractivity contribution in [3.05, 3.63) is 53.2 Å². The van der Waals surface area contributed by atoms with E-state index in [4.69, 9.17) is 4.42 Å². The van der Waals surface area contributed by atoms with Crippen LogP contribution in [0.3, 0.4) is 0 Å². The van der Waals surface area contributed by atoms with Crippen LogP contribution in [0.25, 0.3) is 10.8 Å². The monoisotopic (exact) mass is 422 g/mol. The predicted molar refractivity (Wildman–Crippen MR) is 102 cm³/mol. The maximum atomic E-state index is 13.1. The Labute approximate surface area is 168 Å². The summed E-state index contributed by atoms with van der Waals surface area (Å²) < 4.78 is 44.6. The van der Waals surface area contributed by atoms with Gasteiger partial charge in [0, 0.05) is 19.0 Å². The summed E-state index contributed by atoms with van der Waals surface area (Å²) in [6, 6.07) is 8.03. The van der Waals surface area contributed by atoms with Crippen LogP contribution < -0.4 is 5.32 Å². The topological polar surface area (TPSA) is 71.3 Å². The van der Waals surface area contributed by atoms with Gasteiger partial charge in [-0.3, -0.25) is 0 Å². The van der Waals surface area contributed by atoms with Crippen molar-refractivity contribution in [3.63, 3.8) is 0 Å². The van der Waals surface area contributed by atoms with Crippen LogP contribution in [-0.4, -0.2) is 34.2 Å². The van der Waals surface area contributed by atoms with Gasteiger partial charge in [0.15, 0.2) is 10.8 Å². The molecule has 4 rings (SSSR count). The average Bonchev–Trinajstić information content (AvgIpc) is 3.39. The van der Waals surface area contributed by atoms with E-state index in [0.29, 0.717) is 36.7 Å². The van der Waals surface area contributed by atoms with E-state index in [1.54, 1.807) is 12.3 Å². The maximum absolute atomic E-state index is 13.1. The number of likely N-dealkylation sites (tertiary alicyclic amines) is 1. The van der Waals surface area contributed by atoms with Crippen LogP contribution in [0.1, 0.15) is 29.3 Å². The largest absolute Gasteiger partial charge is 0.462 e. The molecule has 6 nitrogen and oxygen atoms in total. The molecule has 0 atom stereocenters. The zero-order chi connectivity index (χ0) is 20.4. The normalized spacial score (nSPS) is 15.5. The van der Waals surface area contributed by atoms with Crippen molar-refractivity contribution >= 4 is 23.1 Å². The summed E-state index contributed by atoms with van der Waals surface area (Å²) in [5.41, 5.74) is -1.10. The third-order valence-electron chi connectivity index (χ3n) is 4.78. The van der Waals surface area contributed by atoms with Gasteiger partial charge in [-0.2, -0.15) is 13.2 Å². The van der Waals surface area contributed by atoms with Gasteiger partial charge in [0.1, 0.15) is 5.01 Å². The van der Waals surface area contributed by atoms with Crippen LogP contribution in [0, 0.1) is 0 Å². The molecule has 0 spiro atoms. The quantitative estimate of drug-likeness (QED) is 0.628. The molecule has 2 aromatic heterocycles. The number of para-hydroxylation sites is 1. The number of furan rings is 1. The number of aromatic nitrogens is 2. The Morgan fingerprint density at radius 1 is 1.14 bits per heavy atom. The molecule has 1 aliphatic heterocycles. The maximum Gasteiger partial charge on any atom is 0.418 e. The molecular weight excluding hydrogens is 405 g/mol. The van der Waals surface area contributed by atoms with Gasteiger partial charge >= 0.3 is 12.2 Å². The lowest BCUT2D eigenvalue weighted by Gasteiger charge is -2.31. The van der Waals surface area contributed by atoms with Gasteiger partial charge < -0.3 is 14.6 Å². The van der Waals surface area contributed by atoms with Gasteiger partial charge in [0.2, 0.25) is 0 Å². The van der Waals surface area contributed by atoms with Crippen molar-refractivity contribution in [1.29, 1.82) is 0 Å². The number of piperidine rings is 1. The van der Waals surface area contributed by atoms with Gasteiger partial charge in [0.05, 0.1) is 17.5 Å². The fourth-order valence-corrected chi connectivity index (χ4v) is 4.24. The number of hydrogen-bond donors (Lipinski definition) is 1. The molecule has 0 aliphatic carbocycles. The number of nitrogens with zero attached hydrogens (tertiary/aromatic N) is 3. The standard InChI is InChI=1S/C19H17F3N4O2S/c20-19(21,22)13-4-1-2-5-14(13)23-18(27)26-9-7-12(8-10-26)16-24-25-17(29-16)15-6-3-11-28-15/h1-6,11-12H,7-10H2,(H,23,27). The lowest BCUT2D eigenvalue weighted by molar-refractivity contribution is -0.136. The summed E-state index contributed by atoms with van der Waals surface area (Å²) in [6.45, 7) is 0.862. The number of hydrogen-bond acceptors (Lipinski definition) is 5. The van der Waals surface area contributed by atoms with Crippen LogP contribution in [0.15, 0.2) is 47.1 Å². The molecule has 10 heteroatoms. The number of nitrogens with one attached hydrogen (secondary N) is 1. The molecule has 1 fully saturated rings. The Hall–Kier alpha value is -2.88. The minimum Gasteiger partial charge on any atom is -0.462 e. The van der Waals surface area contributed by atoms with Crippen LogP contribution in [-0.2, 0) is 6.18 Å². The molecule has 1 N–H and O–H groups in total. The van der Waals surface area contributed by atoms with E-state index in [-0.39, 0.29) is 11.6 Å². The fourth-order valence-electron chi connectivity index (χ4n) is 3.26. The molecule has 3 heterocycles. The van der Waals surface area contributed by atoms with E-state index >= 15 is 0 Å². The third-order valence-corrected chi connectivity index (χ3v) is 5.88. The Morgan fingerprint density at radius 2 is 1.90 bits per heavy atom. The first-order chi connectivity index (χ1) is 13.9. The zero-order valence-corrected chi connectivity index (χ0v) is 16.0. The zero-order valence-electron chi connectivity index (χ0n) is 15.1. The highest BCUT2D eigenvalue weighted by molar-refractivity contribution is 7.14. The van der Waals surface area contributed by atoms with Crippen molar-refractivity contribution in [3.8, 4) is 10.8 Å². The molecule has 152 valence electrons. The van der Waals surface area contributed by atoms with Crippen molar-refractivity contribution in [2.45, 2.75) is 24.9 Å². The second kappa shape index (κ2) is 7.86. The molecule has 0 radical (unpaired) electrons. The van der Waals surface area contributed by atoms with Crippen LogP contribution in [0.5, 0.6) is 0 Å². The number of benzene rings is 1. The number of alkyl halides is 3. The van der Waals surface area contributed by atoms with Crippen LogP contribution in [0.4, 0.5) is 23.7 Å². The summed E-state index contributed by atoms with van der Waals surface area (Å²) in [5, 5.41) is 12.4. The second-order valence-electron chi connectivity index (χ2n) is 6.66. The summed E-state index contributed by atoms with van der Waals surface area (Å²) in [4.78, 5) is 14.0. The molecule has 2 amide bonds. The molecule has 3 aromatic rings. The Morgan fingerprint density at radius 3 is 2.59 bits per heavy atom. The van der Waals surface area contributed by atoms with E-state index in [1.165, 1.54) is 34.4 Å². The van der Waals surface area contributed by atoms with E-state index in [0.717, 1.165) is 11.1 Å². The van der Waals surface area contributed by atoms with Crippen LogP contribution >= 0.6 is 11.3 Å². The molecule has 0 unspecified atom stereocenters. The first kappa shape index (κ1) is 19.4. The van der Waals surface area contributed by atoms with Crippen molar-refractivity contribution in [2.75, 3.05) is 18.4 Å². The van der Waals surface area contributed by atoms with Crippen molar-refractivity contribution < 1.29 is 22.4 Å². The lowest BCUT2D eigenvalue weighted by atomic mass is 9.98. The van der Waals surface area contributed by atoms with Gasteiger partial charge in [-0.15, -0.1) is 10.2 Å². The summed E-state index contributed by atoms with van der Waals surface area (Å²) in [7, 11) is 0. The SMILES string of the molecule is O=C(Nc1ccccc1C(F)(F)F)N1CCC(c2nnc(-c3ccco3)s2)CC1. The number of carbonyl (C=O) groups is 1. The summed E-state index contributed by atoms with van der Waals surface area (Å²) in [6.07, 6.45) is -1.62. The molecule has 0 bridgehead atoms. The van der Waals surface area contributed by atoms with E-state index in [9.17, 15) is 18.0 Å². The van der Waals surface area contributed by atoms with Gasteiger partial charge in [-0.1, -0.05) is 23.5 Å². The van der Waals surface area contributed by atoms with E-state index in [2.05, 4.69) is 15.5 Å². The van der Waals surface area contributed by atoms with Gasteiger partial charge in [0.25, 0.3) is 0 Å². The Kier molecular flexibility index (Phi) is 5.27. The highest BCUT2D eigenvalue weighted by Crippen LogP contribution is 2.36. The first-order valence-electron chi connectivity index (χ1n) is 9.01. The van der Waals surface area contributed by atoms with Crippen molar-refractivity contribution in [2.24, 2.45) is 0 Å². The number of halogens is 3. The molecule has 29 heavy (non-hydrogen) atoms. The Bertz CT molecular complexity index is 980. The summed E-state index contributed by atoms with van der Waals surface area (Å²) in [5.74, 6) is 0.816. The average molecular weight is 422 g/mol. The minimum atomic E-state index is -4.53. The highest BCUT2D eigenvalue weighted by Gasteiger charge is 2.34. The number of anilines is 1. The Balaban J connectivity index is 1.37. The predicted octanol–water partition coefficient (Wildman–Crippen LogP) is 5.23. The smallest absolute Gasteiger partial charge is 0.418 e. The molecular formula is C19H17F3N4O2S. The molecule has 1 aliphatic rings. The van der Waals surface area contributed by atoms with E-state index in [1.807, 2.05) is 6.07 Å². The lowest BCUT2D eigenvalue weighted by Crippen LogP contribution is -2.40. The third kappa shape index (κ3) is 4.26. The molecule has 0 saturated carbocycles. The van der Waals surface area contributed by atoms with E-state index < -0.39 is 17.8 Å². The second-order valence-corrected chi connectivity index (χ2v) is 7.67. The van der Waals surface area contributed by atoms with Gasteiger partial charge in [-0.05, 0) is 37.1 Å². The minimum absolute atomic E-state index is 0.155. The van der Waals surface area contributed by atoms with Crippen molar-refractivity contribution in [1.82, 2.24) is 15.1 Å².